The van der Waals surface area contributed by atoms with E-state index in [-0.39, 0.29) is 5.56 Å². The SMILES string of the molecule is CCOc1ccc(Br)cc1C(Cl)c1cc(C)c(F)cc1F. The molecule has 0 saturated heterocycles. The van der Waals surface area contributed by atoms with Gasteiger partial charge in [-0.3, -0.25) is 0 Å². The average molecular weight is 376 g/mol. The quantitative estimate of drug-likeness (QED) is 0.617. The fourth-order valence-corrected chi connectivity index (χ4v) is 2.76. The fraction of sp³-hybridized carbons (Fsp3) is 0.250. The summed E-state index contributed by atoms with van der Waals surface area (Å²) >= 11 is 9.78. The van der Waals surface area contributed by atoms with Crippen molar-refractivity contribution in [1.29, 1.82) is 0 Å². The topological polar surface area (TPSA) is 9.23 Å². The van der Waals surface area contributed by atoms with Gasteiger partial charge in [-0.05, 0) is 43.7 Å². The van der Waals surface area contributed by atoms with E-state index in [2.05, 4.69) is 15.9 Å². The van der Waals surface area contributed by atoms with Crippen LogP contribution >= 0.6 is 27.5 Å². The van der Waals surface area contributed by atoms with Crippen LogP contribution < -0.4 is 4.74 Å². The summed E-state index contributed by atoms with van der Waals surface area (Å²) < 4.78 is 33.7. The van der Waals surface area contributed by atoms with E-state index < -0.39 is 17.0 Å². The zero-order chi connectivity index (χ0) is 15.6. The second kappa shape index (κ2) is 6.75. The summed E-state index contributed by atoms with van der Waals surface area (Å²) in [6.45, 7) is 3.91. The molecule has 2 aromatic carbocycles. The van der Waals surface area contributed by atoms with Crippen LogP contribution in [0.3, 0.4) is 0 Å². The highest BCUT2D eigenvalue weighted by Crippen LogP contribution is 2.38. The van der Waals surface area contributed by atoms with Crippen molar-refractivity contribution in [2.45, 2.75) is 19.2 Å². The molecule has 0 aliphatic heterocycles. The zero-order valence-electron chi connectivity index (χ0n) is 11.6. The third-order valence-electron chi connectivity index (χ3n) is 3.10. The second-order valence-corrected chi connectivity index (χ2v) is 5.95. The van der Waals surface area contributed by atoms with Gasteiger partial charge in [-0.25, -0.2) is 8.78 Å². The van der Waals surface area contributed by atoms with Gasteiger partial charge >= 0.3 is 0 Å². The molecule has 0 bridgehead atoms. The lowest BCUT2D eigenvalue weighted by Gasteiger charge is -2.17. The molecule has 0 aromatic heterocycles. The Morgan fingerprint density at radius 3 is 2.52 bits per heavy atom. The number of rotatable bonds is 4. The number of ether oxygens (including phenoxy) is 1. The van der Waals surface area contributed by atoms with E-state index in [1.807, 2.05) is 13.0 Å². The van der Waals surface area contributed by atoms with Gasteiger partial charge in [0.25, 0.3) is 0 Å². The molecule has 0 radical (unpaired) electrons. The fourth-order valence-electron chi connectivity index (χ4n) is 2.05. The van der Waals surface area contributed by atoms with Crippen molar-refractivity contribution in [2.75, 3.05) is 6.61 Å². The molecule has 0 N–H and O–H groups in total. The molecule has 2 rings (SSSR count). The molecule has 112 valence electrons. The maximum atomic E-state index is 14.0. The first-order chi connectivity index (χ1) is 9.93. The number of hydrogen-bond donors (Lipinski definition) is 0. The van der Waals surface area contributed by atoms with E-state index in [9.17, 15) is 8.78 Å². The maximum Gasteiger partial charge on any atom is 0.131 e. The van der Waals surface area contributed by atoms with Crippen LogP contribution in [-0.2, 0) is 0 Å². The standard InChI is InChI=1S/C16H14BrClF2O/c1-3-21-15-5-4-10(17)7-12(15)16(18)11-6-9(2)13(19)8-14(11)20/h4-8,16H,3H2,1-2H3. The van der Waals surface area contributed by atoms with Gasteiger partial charge in [0.1, 0.15) is 17.4 Å². The highest BCUT2D eigenvalue weighted by molar-refractivity contribution is 9.10. The van der Waals surface area contributed by atoms with Crippen molar-refractivity contribution < 1.29 is 13.5 Å². The van der Waals surface area contributed by atoms with E-state index in [0.717, 1.165) is 10.5 Å². The van der Waals surface area contributed by atoms with Gasteiger partial charge in [0.05, 0.1) is 12.0 Å². The van der Waals surface area contributed by atoms with Gasteiger partial charge in [-0.2, -0.15) is 0 Å². The summed E-state index contributed by atoms with van der Waals surface area (Å²) in [6, 6.07) is 7.66. The molecular weight excluding hydrogens is 362 g/mol. The lowest BCUT2D eigenvalue weighted by atomic mass is 10.0. The van der Waals surface area contributed by atoms with Crippen LogP contribution in [0.15, 0.2) is 34.8 Å². The van der Waals surface area contributed by atoms with Crippen LogP contribution in [0.25, 0.3) is 0 Å². The summed E-state index contributed by atoms with van der Waals surface area (Å²) in [5, 5.41) is -0.761. The van der Waals surface area contributed by atoms with Crippen molar-refractivity contribution in [3.05, 3.63) is 63.1 Å². The van der Waals surface area contributed by atoms with Crippen LogP contribution in [0.4, 0.5) is 8.78 Å². The minimum absolute atomic E-state index is 0.231. The molecule has 0 spiro atoms. The van der Waals surface area contributed by atoms with Crippen LogP contribution in [0.5, 0.6) is 5.75 Å². The van der Waals surface area contributed by atoms with Crippen molar-refractivity contribution in [3.8, 4) is 5.75 Å². The van der Waals surface area contributed by atoms with Gasteiger partial charge in [-0.15, -0.1) is 11.6 Å². The first kappa shape index (κ1) is 16.2. The molecule has 0 aliphatic rings. The summed E-state index contributed by atoms with van der Waals surface area (Å²) in [5.74, 6) is -0.665. The molecule has 5 heteroatoms. The molecule has 1 nitrogen and oxygen atoms in total. The van der Waals surface area contributed by atoms with E-state index >= 15 is 0 Å². The molecule has 0 aliphatic carbocycles. The molecular formula is C16H14BrClF2O. The Morgan fingerprint density at radius 1 is 1.14 bits per heavy atom. The maximum absolute atomic E-state index is 14.0. The molecule has 2 aromatic rings. The first-order valence-corrected chi connectivity index (χ1v) is 7.68. The monoisotopic (exact) mass is 374 g/mol. The molecule has 21 heavy (non-hydrogen) atoms. The molecule has 0 fully saturated rings. The molecule has 0 heterocycles. The van der Waals surface area contributed by atoms with E-state index in [4.69, 9.17) is 16.3 Å². The second-order valence-electron chi connectivity index (χ2n) is 4.60. The highest BCUT2D eigenvalue weighted by Gasteiger charge is 2.21. The predicted octanol–water partition coefficient (Wildman–Crippen LogP) is 5.76. The highest BCUT2D eigenvalue weighted by atomic mass is 79.9. The van der Waals surface area contributed by atoms with Gasteiger partial charge in [-0.1, -0.05) is 15.9 Å². The predicted molar refractivity (Wildman–Crippen MR) is 84.1 cm³/mol. The lowest BCUT2D eigenvalue weighted by Crippen LogP contribution is -2.03. The normalized spacial score (nSPS) is 12.3. The number of aryl methyl sites for hydroxylation is 1. The van der Waals surface area contributed by atoms with Gasteiger partial charge in [0.2, 0.25) is 0 Å². The molecule has 1 atom stereocenters. The number of alkyl halides is 1. The van der Waals surface area contributed by atoms with Gasteiger partial charge in [0.15, 0.2) is 0 Å². The largest absolute Gasteiger partial charge is 0.494 e. The number of hydrogen-bond acceptors (Lipinski definition) is 1. The first-order valence-electron chi connectivity index (χ1n) is 6.46. The van der Waals surface area contributed by atoms with E-state index in [1.165, 1.54) is 6.07 Å². The minimum Gasteiger partial charge on any atom is -0.494 e. The van der Waals surface area contributed by atoms with Crippen molar-refractivity contribution in [3.63, 3.8) is 0 Å². The third-order valence-corrected chi connectivity index (χ3v) is 4.06. The Hall–Kier alpha value is -1.13. The Labute approximate surface area is 136 Å². The van der Waals surface area contributed by atoms with Crippen molar-refractivity contribution in [1.82, 2.24) is 0 Å². The number of halogens is 4. The lowest BCUT2D eigenvalue weighted by molar-refractivity contribution is 0.336. The van der Waals surface area contributed by atoms with Crippen LogP contribution in [0.1, 0.15) is 29.0 Å². The van der Waals surface area contributed by atoms with Crippen LogP contribution in [0, 0.1) is 18.6 Å². The Morgan fingerprint density at radius 2 is 1.86 bits per heavy atom. The number of benzene rings is 2. The van der Waals surface area contributed by atoms with Crippen molar-refractivity contribution in [2.24, 2.45) is 0 Å². The Bertz CT molecular complexity index is 661. The van der Waals surface area contributed by atoms with E-state index in [0.29, 0.717) is 23.5 Å². The van der Waals surface area contributed by atoms with E-state index in [1.54, 1.807) is 19.1 Å². The van der Waals surface area contributed by atoms with Crippen molar-refractivity contribution >= 4 is 27.5 Å². The molecule has 1 unspecified atom stereocenters. The smallest absolute Gasteiger partial charge is 0.131 e. The zero-order valence-corrected chi connectivity index (χ0v) is 13.9. The van der Waals surface area contributed by atoms with Gasteiger partial charge in [0, 0.05) is 21.7 Å². The molecule has 0 saturated carbocycles. The summed E-state index contributed by atoms with van der Waals surface area (Å²) in [5.41, 5.74) is 1.22. The summed E-state index contributed by atoms with van der Waals surface area (Å²) in [4.78, 5) is 0. The Balaban J connectivity index is 2.51. The van der Waals surface area contributed by atoms with Crippen LogP contribution in [0.2, 0.25) is 0 Å². The van der Waals surface area contributed by atoms with Crippen LogP contribution in [-0.4, -0.2) is 6.61 Å². The molecule has 0 amide bonds. The third kappa shape index (κ3) is 3.55. The summed E-state index contributed by atoms with van der Waals surface area (Å²) in [7, 11) is 0. The average Bonchev–Trinajstić information content (AvgIpc) is 2.44. The Kier molecular flexibility index (Phi) is 5.22. The minimum atomic E-state index is -0.761. The van der Waals surface area contributed by atoms with Gasteiger partial charge < -0.3 is 4.74 Å². The summed E-state index contributed by atoms with van der Waals surface area (Å²) in [6.07, 6.45) is 0.